The maximum Gasteiger partial charge on any atom is 0.323 e. The second-order valence-electron chi connectivity index (χ2n) is 6.23. The van der Waals surface area contributed by atoms with Gasteiger partial charge < -0.3 is 4.90 Å². The van der Waals surface area contributed by atoms with Crippen LogP contribution in [0.4, 0.5) is 4.79 Å². The Morgan fingerprint density at radius 2 is 1.85 bits per heavy atom. The van der Waals surface area contributed by atoms with Gasteiger partial charge in [-0.2, -0.15) is 0 Å². The van der Waals surface area contributed by atoms with Crippen molar-refractivity contribution in [1.82, 2.24) is 10.2 Å². The number of hydrogen-bond acceptors (Lipinski definition) is 2. The van der Waals surface area contributed by atoms with Gasteiger partial charge in [0.15, 0.2) is 0 Å². The molecular formula is C16H21N3O. The number of nitrogens with one attached hydrogen (secondary N) is 2. The third-order valence-electron chi connectivity index (χ3n) is 3.95. The summed E-state index contributed by atoms with van der Waals surface area (Å²) in [7, 11) is 0. The van der Waals surface area contributed by atoms with Crippen molar-refractivity contribution >= 4 is 11.9 Å². The van der Waals surface area contributed by atoms with Gasteiger partial charge in [0, 0.05) is 6.54 Å². The molecule has 1 aromatic carbocycles. The predicted molar refractivity (Wildman–Crippen MR) is 79.0 cm³/mol. The molecule has 1 aromatic rings. The fourth-order valence-corrected chi connectivity index (χ4v) is 2.82. The summed E-state index contributed by atoms with van der Waals surface area (Å²) in [6.45, 7) is 4.84. The second kappa shape index (κ2) is 4.93. The summed E-state index contributed by atoms with van der Waals surface area (Å²) in [5.41, 5.74) is 2.41. The lowest BCUT2D eigenvalue weighted by Gasteiger charge is -2.24. The average Bonchev–Trinajstić information content (AvgIpc) is 3.18. The predicted octanol–water partition coefficient (Wildman–Crippen LogP) is 3.26. The van der Waals surface area contributed by atoms with Crippen molar-refractivity contribution in [3.8, 4) is 0 Å². The average molecular weight is 271 g/mol. The molecular weight excluding hydrogens is 250 g/mol. The summed E-state index contributed by atoms with van der Waals surface area (Å²) < 4.78 is 0. The molecule has 2 fully saturated rings. The van der Waals surface area contributed by atoms with E-state index >= 15 is 0 Å². The Kier molecular flexibility index (Phi) is 3.24. The quantitative estimate of drug-likeness (QED) is 0.867. The number of benzene rings is 1. The van der Waals surface area contributed by atoms with Gasteiger partial charge in [0.05, 0.1) is 0 Å². The highest BCUT2D eigenvalue weighted by Gasteiger charge is 2.37. The Balaban J connectivity index is 1.85. The third kappa shape index (κ3) is 2.42. The third-order valence-corrected chi connectivity index (χ3v) is 3.95. The molecule has 1 saturated heterocycles. The Labute approximate surface area is 119 Å². The Bertz CT molecular complexity index is 531. The number of nitrogens with zero attached hydrogens (tertiary/aromatic N) is 1. The first-order valence-corrected chi connectivity index (χ1v) is 7.32. The molecule has 1 atom stereocenters. The minimum Gasteiger partial charge on any atom is -0.310 e. The van der Waals surface area contributed by atoms with Crippen molar-refractivity contribution in [3.05, 3.63) is 35.4 Å². The van der Waals surface area contributed by atoms with E-state index in [-0.39, 0.29) is 17.9 Å². The van der Waals surface area contributed by atoms with E-state index in [2.05, 4.69) is 43.4 Å². The molecule has 2 amide bonds. The van der Waals surface area contributed by atoms with Crippen LogP contribution in [0.25, 0.3) is 0 Å². The van der Waals surface area contributed by atoms with Crippen molar-refractivity contribution < 1.29 is 4.79 Å². The Hall–Kier alpha value is -1.84. The zero-order valence-corrected chi connectivity index (χ0v) is 12.0. The second-order valence-corrected chi connectivity index (χ2v) is 6.23. The highest BCUT2D eigenvalue weighted by Crippen LogP contribution is 2.40. The number of carbonyl (C=O) groups is 1. The van der Waals surface area contributed by atoms with E-state index in [4.69, 9.17) is 5.41 Å². The van der Waals surface area contributed by atoms with E-state index < -0.39 is 0 Å². The van der Waals surface area contributed by atoms with Crippen LogP contribution >= 0.6 is 0 Å². The first kappa shape index (κ1) is 13.2. The SMILES string of the molecule is CC(C)CN1C(=O)NC(=N)C1c1ccc(C2CC2)cc1. The molecule has 2 aliphatic rings. The van der Waals surface area contributed by atoms with E-state index in [1.807, 2.05) is 0 Å². The molecule has 0 aromatic heterocycles. The van der Waals surface area contributed by atoms with Gasteiger partial charge in [-0.1, -0.05) is 38.1 Å². The summed E-state index contributed by atoms with van der Waals surface area (Å²) in [6, 6.07) is 8.03. The molecule has 3 rings (SSSR count). The van der Waals surface area contributed by atoms with Crippen LogP contribution in [0.2, 0.25) is 0 Å². The molecule has 1 aliphatic heterocycles. The van der Waals surface area contributed by atoms with Crippen LogP contribution in [0.15, 0.2) is 24.3 Å². The Morgan fingerprint density at radius 1 is 1.25 bits per heavy atom. The fraction of sp³-hybridized carbons (Fsp3) is 0.500. The lowest BCUT2D eigenvalue weighted by atomic mass is 10.0. The first-order valence-electron chi connectivity index (χ1n) is 7.32. The molecule has 1 heterocycles. The minimum absolute atomic E-state index is 0.153. The van der Waals surface area contributed by atoms with Crippen LogP contribution < -0.4 is 5.32 Å². The summed E-state index contributed by atoms with van der Waals surface area (Å²) in [4.78, 5) is 13.7. The molecule has 4 heteroatoms. The topological polar surface area (TPSA) is 56.2 Å². The first-order chi connectivity index (χ1) is 9.56. The molecule has 20 heavy (non-hydrogen) atoms. The number of carbonyl (C=O) groups excluding carboxylic acids is 1. The van der Waals surface area contributed by atoms with Crippen LogP contribution in [-0.4, -0.2) is 23.3 Å². The summed E-state index contributed by atoms with van der Waals surface area (Å²) in [5, 5.41) is 10.7. The summed E-state index contributed by atoms with van der Waals surface area (Å²) >= 11 is 0. The lowest BCUT2D eigenvalue weighted by molar-refractivity contribution is 0.198. The summed E-state index contributed by atoms with van der Waals surface area (Å²) in [6.07, 6.45) is 2.58. The highest BCUT2D eigenvalue weighted by atomic mass is 16.2. The molecule has 1 saturated carbocycles. The zero-order valence-electron chi connectivity index (χ0n) is 12.0. The van der Waals surface area contributed by atoms with Crippen LogP contribution in [0, 0.1) is 11.3 Å². The number of urea groups is 1. The largest absolute Gasteiger partial charge is 0.323 e. The van der Waals surface area contributed by atoms with Gasteiger partial charge in [0.2, 0.25) is 0 Å². The smallest absolute Gasteiger partial charge is 0.310 e. The van der Waals surface area contributed by atoms with Crippen molar-refractivity contribution in [2.24, 2.45) is 5.92 Å². The van der Waals surface area contributed by atoms with Gasteiger partial charge in [0.1, 0.15) is 11.9 Å². The molecule has 2 N–H and O–H groups in total. The van der Waals surface area contributed by atoms with Crippen molar-refractivity contribution in [3.63, 3.8) is 0 Å². The molecule has 0 spiro atoms. The van der Waals surface area contributed by atoms with Gasteiger partial charge in [-0.25, -0.2) is 4.79 Å². The maximum absolute atomic E-state index is 12.0. The van der Waals surface area contributed by atoms with Gasteiger partial charge in [-0.3, -0.25) is 10.7 Å². The van der Waals surface area contributed by atoms with E-state index in [0.29, 0.717) is 12.5 Å². The van der Waals surface area contributed by atoms with Crippen molar-refractivity contribution in [1.29, 1.82) is 5.41 Å². The summed E-state index contributed by atoms with van der Waals surface area (Å²) in [5.74, 6) is 1.41. The highest BCUT2D eigenvalue weighted by molar-refractivity contribution is 6.06. The molecule has 0 bridgehead atoms. The van der Waals surface area contributed by atoms with Crippen LogP contribution in [0.3, 0.4) is 0 Å². The van der Waals surface area contributed by atoms with E-state index in [9.17, 15) is 4.79 Å². The molecule has 106 valence electrons. The fourth-order valence-electron chi connectivity index (χ4n) is 2.82. The van der Waals surface area contributed by atoms with Gasteiger partial charge in [-0.05, 0) is 35.8 Å². The number of rotatable bonds is 4. The maximum atomic E-state index is 12.0. The standard InChI is InChI=1S/C16H21N3O/c1-10(2)9-19-14(15(17)18-16(19)20)13-7-5-12(6-8-13)11-3-4-11/h5-8,10-11,14H,3-4,9H2,1-2H3,(H2,17,18,20). The monoisotopic (exact) mass is 271 g/mol. The zero-order chi connectivity index (χ0) is 14.3. The van der Waals surface area contributed by atoms with Gasteiger partial charge in [0.25, 0.3) is 0 Å². The van der Waals surface area contributed by atoms with Crippen LogP contribution in [0.1, 0.15) is 49.8 Å². The van der Waals surface area contributed by atoms with E-state index in [1.54, 1.807) is 4.90 Å². The minimum atomic E-state index is -0.252. The van der Waals surface area contributed by atoms with Crippen LogP contribution in [-0.2, 0) is 0 Å². The van der Waals surface area contributed by atoms with E-state index in [0.717, 1.165) is 11.5 Å². The molecule has 1 aliphatic carbocycles. The van der Waals surface area contributed by atoms with Gasteiger partial charge in [-0.15, -0.1) is 0 Å². The molecule has 0 radical (unpaired) electrons. The lowest BCUT2D eigenvalue weighted by Crippen LogP contribution is -2.33. The number of amidine groups is 1. The van der Waals surface area contributed by atoms with Crippen molar-refractivity contribution in [2.45, 2.75) is 38.6 Å². The molecule has 4 nitrogen and oxygen atoms in total. The normalized spacial score (nSPS) is 22.6. The van der Waals surface area contributed by atoms with E-state index in [1.165, 1.54) is 18.4 Å². The molecule has 1 unspecified atom stereocenters. The van der Waals surface area contributed by atoms with Crippen LogP contribution in [0.5, 0.6) is 0 Å². The number of hydrogen-bond donors (Lipinski definition) is 2. The number of amides is 2. The van der Waals surface area contributed by atoms with Gasteiger partial charge >= 0.3 is 6.03 Å². The van der Waals surface area contributed by atoms with Crippen molar-refractivity contribution in [2.75, 3.05) is 6.54 Å². The Morgan fingerprint density at radius 3 is 2.40 bits per heavy atom.